The van der Waals surface area contributed by atoms with Crippen molar-refractivity contribution in [1.29, 1.82) is 0 Å². The Kier molecular flexibility index (Phi) is 6.39. The molecule has 0 aliphatic heterocycles. The lowest BCUT2D eigenvalue weighted by molar-refractivity contribution is 0.0939. The number of hydrogen-bond acceptors (Lipinski definition) is 3. The van der Waals surface area contributed by atoms with E-state index in [1.54, 1.807) is 6.20 Å². The van der Waals surface area contributed by atoms with Gasteiger partial charge in [0.25, 0.3) is 5.91 Å². The third-order valence-corrected chi connectivity index (χ3v) is 4.89. The Labute approximate surface area is 170 Å². The summed E-state index contributed by atoms with van der Waals surface area (Å²) < 4.78 is 19.6. The molecule has 0 spiro atoms. The second kappa shape index (κ2) is 8.94. The van der Waals surface area contributed by atoms with Crippen LogP contribution >= 0.6 is 22.6 Å². The number of nitrogens with zero attached hydrogens (tertiary/aromatic N) is 1. The zero-order valence-corrected chi connectivity index (χ0v) is 16.8. The second-order valence-corrected chi connectivity index (χ2v) is 7.16. The zero-order chi connectivity index (χ0) is 19.2. The maximum absolute atomic E-state index is 13.2. The molecule has 2 aromatic carbocycles. The van der Waals surface area contributed by atoms with Crippen molar-refractivity contribution in [3.63, 3.8) is 0 Å². The van der Waals surface area contributed by atoms with Gasteiger partial charge in [-0.25, -0.2) is 4.39 Å². The molecule has 1 amide bonds. The Morgan fingerprint density at radius 3 is 2.78 bits per heavy atom. The van der Waals surface area contributed by atoms with E-state index in [0.717, 1.165) is 11.3 Å². The van der Waals surface area contributed by atoms with Crippen molar-refractivity contribution >= 4 is 28.5 Å². The number of pyridine rings is 1. The summed E-state index contributed by atoms with van der Waals surface area (Å²) in [7, 11) is 0. The van der Waals surface area contributed by atoms with Crippen molar-refractivity contribution in [2.45, 2.75) is 19.6 Å². The van der Waals surface area contributed by atoms with Gasteiger partial charge in [0.05, 0.1) is 17.3 Å². The lowest BCUT2D eigenvalue weighted by Crippen LogP contribution is -2.27. The fraction of sp³-hybridized carbons (Fsp3) is 0.143. The van der Waals surface area contributed by atoms with E-state index in [-0.39, 0.29) is 17.8 Å². The molecule has 1 N–H and O–H groups in total. The highest BCUT2D eigenvalue weighted by Gasteiger charge is 2.15. The van der Waals surface area contributed by atoms with Gasteiger partial charge in [0.15, 0.2) is 0 Å². The van der Waals surface area contributed by atoms with Crippen LogP contribution in [-0.4, -0.2) is 10.9 Å². The van der Waals surface area contributed by atoms with Gasteiger partial charge in [0.2, 0.25) is 0 Å². The summed E-state index contributed by atoms with van der Waals surface area (Å²) in [4.78, 5) is 16.7. The molecule has 1 atom stereocenters. The summed E-state index contributed by atoms with van der Waals surface area (Å²) in [6, 6.07) is 17.1. The third kappa shape index (κ3) is 5.26. The molecule has 3 rings (SSSR count). The monoisotopic (exact) mass is 476 g/mol. The maximum Gasteiger partial charge on any atom is 0.252 e. The van der Waals surface area contributed by atoms with Crippen LogP contribution in [0.5, 0.6) is 5.75 Å². The molecule has 0 aliphatic rings. The van der Waals surface area contributed by atoms with Crippen LogP contribution in [0.2, 0.25) is 0 Å². The van der Waals surface area contributed by atoms with Gasteiger partial charge in [-0.3, -0.25) is 9.78 Å². The van der Waals surface area contributed by atoms with Gasteiger partial charge in [0.1, 0.15) is 18.2 Å². The number of aromatic nitrogens is 1. The summed E-state index contributed by atoms with van der Waals surface area (Å²) in [6.45, 7) is 2.27. The van der Waals surface area contributed by atoms with Crippen LogP contribution in [0.3, 0.4) is 0 Å². The first-order valence-electron chi connectivity index (χ1n) is 8.41. The van der Waals surface area contributed by atoms with Crippen LogP contribution in [0.4, 0.5) is 4.39 Å². The van der Waals surface area contributed by atoms with Crippen LogP contribution in [-0.2, 0) is 6.61 Å². The summed E-state index contributed by atoms with van der Waals surface area (Å²) in [5, 5.41) is 2.94. The third-order valence-electron chi connectivity index (χ3n) is 3.99. The molecule has 6 heteroatoms. The summed E-state index contributed by atoms with van der Waals surface area (Å²) >= 11 is 1.96. The van der Waals surface area contributed by atoms with E-state index in [0.29, 0.717) is 21.5 Å². The van der Waals surface area contributed by atoms with E-state index in [1.165, 1.54) is 18.2 Å². The smallest absolute Gasteiger partial charge is 0.252 e. The number of carbonyl (C=O) groups is 1. The first kappa shape index (κ1) is 19.3. The highest BCUT2D eigenvalue weighted by atomic mass is 127. The van der Waals surface area contributed by atoms with E-state index in [1.807, 2.05) is 72.0 Å². The summed E-state index contributed by atoms with van der Waals surface area (Å²) in [6.07, 6.45) is 1.73. The molecule has 0 bridgehead atoms. The van der Waals surface area contributed by atoms with Crippen molar-refractivity contribution in [1.82, 2.24) is 10.3 Å². The van der Waals surface area contributed by atoms with Gasteiger partial charge in [0, 0.05) is 9.77 Å². The fourth-order valence-electron chi connectivity index (χ4n) is 2.55. The number of nitrogens with one attached hydrogen (secondary N) is 1. The minimum Gasteiger partial charge on any atom is -0.487 e. The molecule has 0 saturated carbocycles. The molecular formula is C21H18FIN2O2. The zero-order valence-electron chi connectivity index (χ0n) is 14.7. The van der Waals surface area contributed by atoms with Gasteiger partial charge in [-0.2, -0.15) is 0 Å². The standard InChI is InChI=1S/C21H18FIN2O2/c1-14(25-21(26)19-9-8-16(22)12-20(19)23)15-5-4-7-18(11-15)27-13-17-6-2-3-10-24-17/h2-12,14H,13H2,1H3,(H,25,26). The quantitative estimate of drug-likeness (QED) is 0.516. The summed E-state index contributed by atoms with van der Waals surface area (Å²) in [5.41, 5.74) is 2.21. The Bertz CT molecular complexity index is 934. The van der Waals surface area contributed by atoms with Gasteiger partial charge in [-0.05, 0) is 77.5 Å². The molecule has 0 radical (unpaired) electrons. The van der Waals surface area contributed by atoms with Crippen molar-refractivity contribution in [3.8, 4) is 5.75 Å². The minimum absolute atomic E-state index is 0.225. The molecule has 1 heterocycles. The van der Waals surface area contributed by atoms with Crippen molar-refractivity contribution in [2.75, 3.05) is 0 Å². The van der Waals surface area contributed by atoms with E-state index in [4.69, 9.17) is 4.74 Å². The van der Waals surface area contributed by atoms with Gasteiger partial charge >= 0.3 is 0 Å². The number of ether oxygens (including phenoxy) is 1. The van der Waals surface area contributed by atoms with Gasteiger partial charge < -0.3 is 10.1 Å². The van der Waals surface area contributed by atoms with Crippen molar-refractivity contribution in [3.05, 3.63) is 93.1 Å². The lowest BCUT2D eigenvalue weighted by atomic mass is 10.1. The van der Waals surface area contributed by atoms with Crippen LogP contribution in [0, 0.1) is 9.39 Å². The molecule has 0 saturated heterocycles. The van der Waals surface area contributed by atoms with E-state index in [2.05, 4.69) is 10.3 Å². The maximum atomic E-state index is 13.2. The molecule has 4 nitrogen and oxygen atoms in total. The number of rotatable bonds is 6. The molecule has 0 aliphatic carbocycles. The van der Waals surface area contributed by atoms with E-state index in [9.17, 15) is 9.18 Å². The van der Waals surface area contributed by atoms with Crippen molar-refractivity contribution < 1.29 is 13.9 Å². The predicted molar refractivity (Wildman–Crippen MR) is 110 cm³/mol. The predicted octanol–water partition coefficient (Wildman–Crippen LogP) is 4.90. The Morgan fingerprint density at radius 1 is 1.19 bits per heavy atom. The molecular weight excluding hydrogens is 458 g/mol. The number of halogens is 2. The van der Waals surface area contributed by atoms with Crippen molar-refractivity contribution in [2.24, 2.45) is 0 Å². The fourth-order valence-corrected chi connectivity index (χ4v) is 3.27. The second-order valence-electron chi connectivity index (χ2n) is 6.00. The topological polar surface area (TPSA) is 51.2 Å². The number of carbonyl (C=O) groups excluding carboxylic acids is 1. The molecule has 27 heavy (non-hydrogen) atoms. The average Bonchev–Trinajstić information content (AvgIpc) is 2.67. The SMILES string of the molecule is CC(NC(=O)c1ccc(F)cc1I)c1cccc(OCc2ccccn2)c1. The summed E-state index contributed by atoms with van der Waals surface area (Å²) in [5.74, 6) is 0.101. The van der Waals surface area contributed by atoms with Crippen LogP contribution in [0.15, 0.2) is 66.9 Å². The highest BCUT2D eigenvalue weighted by molar-refractivity contribution is 14.1. The van der Waals surface area contributed by atoms with Crippen LogP contribution in [0.1, 0.15) is 34.6 Å². The molecule has 1 aromatic heterocycles. The number of hydrogen-bond donors (Lipinski definition) is 1. The molecule has 138 valence electrons. The van der Waals surface area contributed by atoms with Crippen LogP contribution < -0.4 is 10.1 Å². The Morgan fingerprint density at radius 2 is 2.04 bits per heavy atom. The highest BCUT2D eigenvalue weighted by Crippen LogP contribution is 2.21. The largest absolute Gasteiger partial charge is 0.487 e. The lowest BCUT2D eigenvalue weighted by Gasteiger charge is -2.16. The number of amides is 1. The Balaban J connectivity index is 1.66. The minimum atomic E-state index is -0.359. The van der Waals surface area contributed by atoms with E-state index < -0.39 is 0 Å². The average molecular weight is 476 g/mol. The van der Waals surface area contributed by atoms with Gasteiger partial charge in [-0.15, -0.1) is 0 Å². The Hall–Kier alpha value is -2.48. The molecule has 3 aromatic rings. The normalized spacial score (nSPS) is 11.7. The number of benzene rings is 2. The molecule has 0 fully saturated rings. The van der Waals surface area contributed by atoms with Gasteiger partial charge in [-0.1, -0.05) is 18.2 Å². The molecule has 1 unspecified atom stereocenters. The van der Waals surface area contributed by atoms with E-state index >= 15 is 0 Å². The first-order valence-corrected chi connectivity index (χ1v) is 9.49. The van der Waals surface area contributed by atoms with Crippen LogP contribution in [0.25, 0.3) is 0 Å². The first-order chi connectivity index (χ1) is 13.0.